The maximum Gasteiger partial charge on any atom is 0.364 e. The second-order valence-electron chi connectivity index (χ2n) is 5.17. The van der Waals surface area contributed by atoms with E-state index in [4.69, 9.17) is 0 Å². The number of halogens is 1. The molecular formula is C15H15FN4O5S. The summed E-state index contributed by atoms with van der Waals surface area (Å²) in [5, 5.41) is 10.2. The number of aromatic nitrogens is 2. The molecule has 0 aliphatic rings. The van der Waals surface area contributed by atoms with Gasteiger partial charge >= 0.3 is 15.8 Å². The number of nitrogens with zero attached hydrogens (tertiary/aromatic N) is 4. The molecule has 26 heavy (non-hydrogen) atoms. The van der Waals surface area contributed by atoms with E-state index >= 15 is 0 Å². The molecule has 0 atom stereocenters. The molecule has 11 heteroatoms. The third kappa shape index (κ3) is 3.99. The van der Waals surface area contributed by atoms with Gasteiger partial charge in [0.25, 0.3) is 10.9 Å². The topological polar surface area (TPSA) is 123 Å². The van der Waals surface area contributed by atoms with Gasteiger partial charge in [-0.3, -0.25) is 4.79 Å². The number of amides is 1. The molecule has 0 saturated carbocycles. The number of nitro groups is 1. The van der Waals surface area contributed by atoms with Gasteiger partial charge in [0, 0.05) is 24.9 Å². The molecule has 0 N–H and O–H groups in total. The zero-order valence-corrected chi connectivity index (χ0v) is 14.5. The Bertz CT molecular complexity index is 935. The number of hydrogen-bond acceptors (Lipinski definition) is 7. The first kappa shape index (κ1) is 19.4. The van der Waals surface area contributed by atoms with Crippen LogP contribution < -0.4 is 0 Å². The number of pyridine rings is 2. The number of rotatable bonds is 7. The SMILES string of the molecule is CCCCN(C(=O)c1cccnc1F)S(=O)(=O)c1cccc([N+](=O)[O-])n1. The number of carbonyl (C=O) groups excluding carboxylic acids is 1. The summed E-state index contributed by atoms with van der Waals surface area (Å²) in [6, 6.07) is 5.61. The average Bonchev–Trinajstić information content (AvgIpc) is 2.62. The summed E-state index contributed by atoms with van der Waals surface area (Å²) in [4.78, 5) is 29.4. The van der Waals surface area contributed by atoms with Crippen molar-refractivity contribution < 1.29 is 22.5 Å². The molecule has 2 heterocycles. The van der Waals surface area contributed by atoms with E-state index in [0.717, 1.165) is 30.5 Å². The van der Waals surface area contributed by atoms with Crippen molar-refractivity contribution in [3.05, 3.63) is 58.2 Å². The normalized spacial score (nSPS) is 11.2. The smallest absolute Gasteiger partial charge is 0.358 e. The van der Waals surface area contributed by atoms with Crippen LogP contribution in [0.2, 0.25) is 0 Å². The van der Waals surface area contributed by atoms with Gasteiger partial charge in [-0.15, -0.1) is 0 Å². The van der Waals surface area contributed by atoms with Gasteiger partial charge in [0.1, 0.15) is 0 Å². The maximum absolute atomic E-state index is 13.8. The van der Waals surface area contributed by atoms with Gasteiger partial charge in [-0.25, -0.2) is 9.29 Å². The second kappa shape index (κ2) is 7.95. The zero-order valence-electron chi connectivity index (χ0n) is 13.7. The Morgan fingerprint density at radius 1 is 1.31 bits per heavy atom. The van der Waals surface area contributed by atoms with Crippen molar-refractivity contribution in [2.24, 2.45) is 0 Å². The van der Waals surface area contributed by atoms with Gasteiger partial charge in [-0.2, -0.15) is 12.8 Å². The Morgan fingerprint density at radius 3 is 2.65 bits per heavy atom. The molecule has 0 radical (unpaired) electrons. The van der Waals surface area contributed by atoms with E-state index in [-0.39, 0.29) is 6.54 Å². The molecule has 2 rings (SSSR count). The van der Waals surface area contributed by atoms with E-state index in [0.29, 0.717) is 17.1 Å². The lowest BCUT2D eigenvalue weighted by atomic mass is 10.2. The highest BCUT2D eigenvalue weighted by atomic mass is 32.2. The Labute approximate surface area is 148 Å². The lowest BCUT2D eigenvalue weighted by Crippen LogP contribution is -2.38. The standard InChI is InChI=1S/C15H15FN4O5S/c1-2-3-10-19(15(21)11-6-5-9-17-14(11)16)26(24,25)13-8-4-7-12(18-13)20(22)23/h4-9H,2-3,10H2,1H3. The summed E-state index contributed by atoms with van der Waals surface area (Å²) >= 11 is 0. The van der Waals surface area contributed by atoms with Crippen molar-refractivity contribution in [3.8, 4) is 0 Å². The predicted molar refractivity (Wildman–Crippen MR) is 88.2 cm³/mol. The molecular weight excluding hydrogens is 367 g/mol. The largest absolute Gasteiger partial charge is 0.364 e. The van der Waals surface area contributed by atoms with Crippen LogP contribution in [0.3, 0.4) is 0 Å². The first-order valence-electron chi connectivity index (χ1n) is 7.58. The molecule has 0 fully saturated rings. The summed E-state index contributed by atoms with van der Waals surface area (Å²) in [7, 11) is -4.52. The summed E-state index contributed by atoms with van der Waals surface area (Å²) in [5.41, 5.74) is -0.516. The molecule has 2 aromatic heterocycles. The summed E-state index contributed by atoms with van der Waals surface area (Å²) in [6.07, 6.45) is 2.01. The molecule has 9 nitrogen and oxygen atoms in total. The molecule has 0 aliphatic carbocycles. The van der Waals surface area contributed by atoms with Crippen molar-refractivity contribution in [1.29, 1.82) is 0 Å². The van der Waals surface area contributed by atoms with Crippen LogP contribution in [0.5, 0.6) is 0 Å². The van der Waals surface area contributed by atoms with Crippen molar-refractivity contribution in [1.82, 2.24) is 14.3 Å². The minimum Gasteiger partial charge on any atom is -0.358 e. The Morgan fingerprint density at radius 2 is 2.04 bits per heavy atom. The van der Waals surface area contributed by atoms with Crippen molar-refractivity contribution >= 4 is 21.7 Å². The van der Waals surface area contributed by atoms with Gasteiger partial charge in [0.05, 0.1) is 5.56 Å². The highest BCUT2D eigenvalue weighted by Crippen LogP contribution is 2.20. The van der Waals surface area contributed by atoms with Crippen LogP contribution in [-0.2, 0) is 10.0 Å². The second-order valence-corrected chi connectivity index (χ2v) is 6.98. The van der Waals surface area contributed by atoms with Crippen molar-refractivity contribution in [2.45, 2.75) is 24.8 Å². The van der Waals surface area contributed by atoms with E-state index in [1.165, 1.54) is 6.07 Å². The van der Waals surface area contributed by atoms with E-state index in [1.54, 1.807) is 6.92 Å². The van der Waals surface area contributed by atoms with Crippen LogP contribution in [0.4, 0.5) is 10.2 Å². The van der Waals surface area contributed by atoms with Gasteiger partial charge in [-0.1, -0.05) is 13.3 Å². The van der Waals surface area contributed by atoms with Crippen LogP contribution in [0.15, 0.2) is 41.6 Å². The van der Waals surface area contributed by atoms with Gasteiger partial charge in [0.15, 0.2) is 0 Å². The molecule has 0 spiro atoms. The average molecular weight is 382 g/mol. The van der Waals surface area contributed by atoms with Crippen LogP contribution in [0.25, 0.3) is 0 Å². The number of hydrogen-bond donors (Lipinski definition) is 0. The highest BCUT2D eigenvalue weighted by Gasteiger charge is 2.35. The number of unbranched alkanes of at least 4 members (excludes halogenated alkanes) is 1. The fraction of sp³-hybridized carbons (Fsp3) is 0.267. The molecule has 2 aromatic rings. The Kier molecular flexibility index (Phi) is 5.93. The van der Waals surface area contributed by atoms with Gasteiger partial charge in [0.2, 0.25) is 5.95 Å². The van der Waals surface area contributed by atoms with E-state index in [1.807, 2.05) is 0 Å². The van der Waals surface area contributed by atoms with Gasteiger partial charge in [-0.05, 0) is 34.5 Å². The minimum absolute atomic E-state index is 0.226. The van der Waals surface area contributed by atoms with Crippen LogP contribution in [-0.4, -0.2) is 40.1 Å². The Hall–Kier alpha value is -2.95. The molecule has 0 saturated heterocycles. The third-order valence-corrected chi connectivity index (χ3v) is 5.07. The maximum atomic E-state index is 13.8. The zero-order chi connectivity index (χ0) is 19.3. The molecule has 0 bridgehead atoms. The first-order chi connectivity index (χ1) is 12.3. The lowest BCUT2D eigenvalue weighted by Gasteiger charge is -2.20. The van der Waals surface area contributed by atoms with Crippen molar-refractivity contribution in [2.75, 3.05) is 6.54 Å². The van der Waals surface area contributed by atoms with Crippen molar-refractivity contribution in [3.63, 3.8) is 0 Å². The quantitative estimate of drug-likeness (QED) is 0.408. The van der Waals surface area contributed by atoms with Crippen LogP contribution in [0, 0.1) is 16.1 Å². The lowest BCUT2D eigenvalue weighted by molar-refractivity contribution is -0.390. The summed E-state index contributed by atoms with van der Waals surface area (Å²) in [6.45, 7) is 1.56. The fourth-order valence-electron chi connectivity index (χ4n) is 2.07. The molecule has 0 aromatic carbocycles. The van der Waals surface area contributed by atoms with Crippen LogP contribution in [0.1, 0.15) is 30.1 Å². The fourth-order valence-corrected chi connectivity index (χ4v) is 3.45. The first-order valence-corrected chi connectivity index (χ1v) is 9.02. The van der Waals surface area contributed by atoms with Crippen LogP contribution >= 0.6 is 0 Å². The van der Waals surface area contributed by atoms with E-state index in [9.17, 15) is 27.7 Å². The highest BCUT2D eigenvalue weighted by molar-refractivity contribution is 7.89. The number of carbonyl (C=O) groups is 1. The third-order valence-electron chi connectivity index (χ3n) is 3.38. The number of sulfonamides is 1. The molecule has 1 amide bonds. The Balaban J connectivity index is 2.51. The monoisotopic (exact) mass is 382 g/mol. The van der Waals surface area contributed by atoms with E-state index < -0.39 is 43.2 Å². The van der Waals surface area contributed by atoms with E-state index in [2.05, 4.69) is 9.97 Å². The molecule has 138 valence electrons. The summed E-state index contributed by atoms with van der Waals surface area (Å²) in [5.74, 6) is -2.90. The predicted octanol–water partition coefficient (Wildman–Crippen LogP) is 2.16. The molecule has 0 aliphatic heterocycles. The van der Waals surface area contributed by atoms with Gasteiger partial charge < -0.3 is 10.1 Å². The minimum atomic E-state index is -4.52. The molecule has 0 unspecified atom stereocenters. The summed E-state index contributed by atoms with van der Waals surface area (Å²) < 4.78 is 39.9.